The Kier molecular flexibility index (Phi) is 3.93. The van der Waals surface area contributed by atoms with E-state index in [2.05, 4.69) is 24.6 Å². The Bertz CT molecular complexity index is 317. The van der Waals surface area contributed by atoms with Crippen LogP contribution in [0.1, 0.15) is 5.82 Å². The molecule has 0 aliphatic rings. The average Bonchev–Trinajstić information content (AvgIpc) is 2.37. The Balaban J connectivity index is 2.29. The highest BCUT2D eigenvalue weighted by Gasteiger charge is 2.12. The Morgan fingerprint density at radius 3 is 2.60 bits per heavy atom. The maximum absolute atomic E-state index is 5.59. The van der Waals surface area contributed by atoms with Crippen LogP contribution in [0, 0.1) is 6.92 Å². The molecule has 5 heteroatoms. The highest BCUT2D eigenvalue weighted by molar-refractivity contribution is 6.76. The molecule has 0 saturated heterocycles. The molecule has 0 aliphatic heterocycles. The number of aromatic nitrogens is 2. The van der Waals surface area contributed by atoms with Crippen LogP contribution in [-0.2, 0) is 11.5 Å². The van der Waals surface area contributed by atoms with Crippen LogP contribution in [-0.4, -0.2) is 24.2 Å². The predicted octanol–water partition coefficient (Wildman–Crippen LogP) is 2.09. The van der Waals surface area contributed by atoms with Crippen molar-refractivity contribution in [1.29, 1.82) is 0 Å². The first-order chi connectivity index (χ1) is 6.88. The van der Waals surface area contributed by atoms with Crippen molar-refractivity contribution >= 4 is 13.9 Å². The second-order valence-electron chi connectivity index (χ2n) is 5.03. The van der Waals surface area contributed by atoms with Gasteiger partial charge in [-0.15, -0.1) is 0 Å². The van der Waals surface area contributed by atoms with Crippen LogP contribution in [0.25, 0.3) is 0 Å². The third-order valence-corrected chi connectivity index (χ3v) is 3.93. The van der Waals surface area contributed by atoms with Gasteiger partial charge in [-0.05, 0) is 13.0 Å². The normalized spacial score (nSPS) is 12.0. The third-order valence-electron chi connectivity index (χ3n) is 2.22. The fourth-order valence-corrected chi connectivity index (χ4v) is 1.96. The molecule has 0 unspecified atom stereocenters. The summed E-state index contributed by atoms with van der Waals surface area (Å²) in [7, 11) is -0.978. The van der Waals surface area contributed by atoms with Crippen LogP contribution in [0.5, 0.6) is 0 Å². The molecule has 1 aromatic heterocycles. The van der Waals surface area contributed by atoms with Gasteiger partial charge in [0, 0.05) is 20.9 Å². The predicted molar refractivity (Wildman–Crippen MR) is 65.5 cm³/mol. The van der Waals surface area contributed by atoms with Crippen molar-refractivity contribution in [3.05, 3.63) is 12.0 Å². The first kappa shape index (κ1) is 12.3. The van der Waals surface area contributed by atoms with E-state index in [1.165, 1.54) is 6.04 Å². The molecule has 15 heavy (non-hydrogen) atoms. The molecule has 1 heterocycles. The van der Waals surface area contributed by atoms with Gasteiger partial charge in [0.15, 0.2) is 0 Å². The van der Waals surface area contributed by atoms with Gasteiger partial charge in [-0.1, -0.05) is 19.6 Å². The molecule has 4 nitrogen and oxygen atoms in total. The zero-order valence-electron chi connectivity index (χ0n) is 10.1. The number of aryl methyl sites for hydroxylation is 1. The number of rotatable bonds is 5. The fourth-order valence-electron chi connectivity index (χ4n) is 1.20. The smallest absolute Gasteiger partial charge is 0.141 e. The Labute approximate surface area is 92.5 Å². The summed E-state index contributed by atoms with van der Waals surface area (Å²) in [5.74, 6) is 1.46. The largest absolute Gasteiger partial charge is 0.382 e. The SMILES string of the molecule is Cc1nc(N)cn1COCC[Si](C)(C)C. The summed E-state index contributed by atoms with van der Waals surface area (Å²) in [5, 5.41) is 0. The lowest BCUT2D eigenvalue weighted by atomic mass is 10.7. The van der Waals surface area contributed by atoms with Crippen LogP contribution in [0.2, 0.25) is 25.7 Å². The summed E-state index contributed by atoms with van der Waals surface area (Å²) in [6, 6.07) is 1.19. The molecule has 0 fully saturated rings. The van der Waals surface area contributed by atoms with E-state index in [1.807, 2.05) is 17.7 Å². The standard InChI is InChI=1S/C10H21N3OSi/c1-9-12-10(11)7-13(9)8-14-5-6-15(2,3)4/h7H,5-6,8,11H2,1-4H3. The first-order valence-corrected chi connectivity index (χ1v) is 8.96. The fraction of sp³-hybridized carbons (Fsp3) is 0.700. The number of hydrogen-bond acceptors (Lipinski definition) is 3. The summed E-state index contributed by atoms with van der Waals surface area (Å²) in [4.78, 5) is 4.11. The van der Waals surface area contributed by atoms with E-state index in [0.717, 1.165) is 12.4 Å². The summed E-state index contributed by atoms with van der Waals surface area (Å²) < 4.78 is 7.52. The second kappa shape index (κ2) is 4.81. The summed E-state index contributed by atoms with van der Waals surface area (Å²) >= 11 is 0. The van der Waals surface area contributed by atoms with Gasteiger partial charge in [0.25, 0.3) is 0 Å². The zero-order chi connectivity index (χ0) is 11.5. The molecule has 1 rings (SSSR count). The molecular formula is C10H21N3OSi. The van der Waals surface area contributed by atoms with Crippen molar-refractivity contribution in [2.24, 2.45) is 0 Å². The van der Waals surface area contributed by atoms with E-state index in [9.17, 15) is 0 Å². The van der Waals surface area contributed by atoms with E-state index in [4.69, 9.17) is 10.5 Å². The minimum absolute atomic E-state index is 0.556. The van der Waals surface area contributed by atoms with Gasteiger partial charge < -0.3 is 15.0 Å². The topological polar surface area (TPSA) is 53.1 Å². The van der Waals surface area contributed by atoms with Gasteiger partial charge >= 0.3 is 0 Å². The van der Waals surface area contributed by atoms with Gasteiger partial charge in [-0.2, -0.15) is 0 Å². The van der Waals surface area contributed by atoms with Crippen molar-refractivity contribution in [3.63, 3.8) is 0 Å². The van der Waals surface area contributed by atoms with Gasteiger partial charge in [0.1, 0.15) is 18.4 Å². The quantitative estimate of drug-likeness (QED) is 0.619. The summed E-state index contributed by atoms with van der Waals surface area (Å²) in [6.07, 6.45) is 1.81. The van der Waals surface area contributed by atoms with Crippen molar-refractivity contribution in [2.45, 2.75) is 39.3 Å². The molecule has 0 aliphatic carbocycles. The Hall–Kier alpha value is -0.813. The highest BCUT2D eigenvalue weighted by atomic mass is 28.3. The lowest BCUT2D eigenvalue weighted by Crippen LogP contribution is -2.22. The van der Waals surface area contributed by atoms with Crippen LogP contribution in [0.15, 0.2) is 6.20 Å². The number of nitrogens with two attached hydrogens (primary N) is 1. The summed E-state index contributed by atoms with van der Waals surface area (Å²) in [6.45, 7) is 10.3. The minimum atomic E-state index is -0.978. The second-order valence-corrected chi connectivity index (χ2v) is 10.7. The first-order valence-electron chi connectivity index (χ1n) is 5.25. The van der Waals surface area contributed by atoms with Gasteiger partial charge in [0.2, 0.25) is 0 Å². The van der Waals surface area contributed by atoms with Crippen molar-refractivity contribution in [2.75, 3.05) is 12.3 Å². The van der Waals surface area contributed by atoms with Gasteiger partial charge in [-0.3, -0.25) is 0 Å². The third kappa shape index (κ3) is 4.48. The summed E-state index contributed by atoms with van der Waals surface area (Å²) in [5.41, 5.74) is 5.57. The number of anilines is 1. The molecule has 0 atom stereocenters. The van der Waals surface area contributed by atoms with Crippen LogP contribution < -0.4 is 5.73 Å². The number of nitrogen functional groups attached to an aromatic ring is 1. The van der Waals surface area contributed by atoms with E-state index >= 15 is 0 Å². The van der Waals surface area contributed by atoms with Crippen LogP contribution in [0.4, 0.5) is 5.82 Å². The number of imidazole rings is 1. The number of hydrogen-bond donors (Lipinski definition) is 1. The van der Waals surface area contributed by atoms with Crippen molar-refractivity contribution in [3.8, 4) is 0 Å². The molecule has 0 saturated carbocycles. The van der Waals surface area contributed by atoms with E-state index in [1.54, 1.807) is 0 Å². The molecule has 0 amide bonds. The van der Waals surface area contributed by atoms with Gasteiger partial charge in [0.05, 0.1) is 0 Å². The lowest BCUT2D eigenvalue weighted by molar-refractivity contribution is 0.0858. The average molecular weight is 227 g/mol. The molecule has 2 N–H and O–H groups in total. The Morgan fingerprint density at radius 1 is 1.47 bits per heavy atom. The molecule has 0 bridgehead atoms. The molecule has 1 aromatic rings. The van der Waals surface area contributed by atoms with Crippen LogP contribution >= 0.6 is 0 Å². The molecule has 0 radical (unpaired) electrons. The minimum Gasteiger partial charge on any atom is -0.382 e. The molecular weight excluding hydrogens is 206 g/mol. The van der Waals surface area contributed by atoms with E-state index in [-0.39, 0.29) is 0 Å². The van der Waals surface area contributed by atoms with E-state index < -0.39 is 8.07 Å². The molecule has 0 aromatic carbocycles. The molecule has 86 valence electrons. The lowest BCUT2D eigenvalue weighted by Gasteiger charge is -2.15. The zero-order valence-corrected chi connectivity index (χ0v) is 11.1. The number of nitrogens with zero attached hydrogens (tertiary/aromatic N) is 2. The number of ether oxygens (including phenoxy) is 1. The molecule has 0 spiro atoms. The highest BCUT2D eigenvalue weighted by Crippen LogP contribution is 2.09. The van der Waals surface area contributed by atoms with Gasteiger partial charge in [-0.25, -0.2) is 4.98 Å². The van der Waals surface area contributed by atoms with Crippen molar-refractivity contribution < 1.29 is 4.74 Å². The van der Waals surface area contributed by atoms with Crippen LogP contribution in [0.3, 0.4) is 0 Å². The van der Waals surface area contributed by atoms with Crippen molar-refractivity contribution in [1.82, 2.24) is 9.55 Å². The maximum Gasteiger partial charge on any atom is 0.141 e. The monoisotopic (exact) mass is 227 g/mol. The Morgan fingerprint density at radius 2 is 2.13 bits per heavy atom. The maximum atomic E-state index is 5.59. The van der Waals surface area contributed by atoms with E-state index in [0.29, 0.717) is 12.5 Å².